The van der Waals surface area contributed by atoms with Crippen molar-refractivity contribution in [1.29, 1.82) is 0 Å². The molecule has 2 heteroatoms. The first kappa shape index (κ1) is 21.7. The van der Waals surface area contributed by atoms with E-state index in [1.807, 2.05) is 0 Å². The Labute approximate surface area is 192 Å². The second-order valence-corrected chi connectivity index (χ2v) is 8.07. The van der Waals surface area contributed by atoms with Crippen molar-refractivity contribution in [2.45, 2.75) is 26.2 Å². The number of anilines is 2. The molecule has 2 aliphatic carbocycles. The van der Waals surface area contributed by atoms with E-state index in [0.29, 0.717) is 0 Å². The first-order valence-corrected chi connectivity index (χ1v) is 11.6. The zero-order chi connectivity index (χ0) is 22.2. The van der Waals surface area contributed by atoms with Crippen LogP contribution < -0.4 is 10.6 Å². The lowest BCUT2D eigenvalue weighted by atomic mass is 9.83. The second kappa shape index (κ2) is 10.7. The second-order valence-electron chi connectivity index (χ2n) is 8.07. The summed E-state index contributed by atoms with van der Waals surface area (Å²) in [5.74, 6) is 0.187. The Morgan fingerprint density at radius 2 is 1.09 bits per heavy atom. The molecule has 0 radical (unpaired) electrons. The molecule has 0 aromatic heterocycles. The molecule has 2 nitrogen and oxygen atoms in total. The van der Waals surface area contributed by atoms with E-state index in [1.54, 1.807) is 0 Å². The lowest BCUT2D eigenvalue weighted by Crippen LogP contribution is -2.11. The van der Waals surface area contributed by atoms with Crippen molar-refractivity contribution in [2.24, 2.45) is 0 Å². The molecule has 0 unspecified atom stereocenters. The molecule has 2 aliphatic rings. The summed E-state index contributed by atoms with van der Waals surface area (Å²) in [6, 6.07) is 28.0. The van der Waals surface area contributed by atoms with Gasteiger partial charge in [-0.2, -0.15) is 0 Å². The van der Waals surface area contributed by atoms with Crippen LogP contribution in [0.3, 0.4) is 0 Å². The summed E-state index contributed by atoms with van der Waals surface area (Å²) in [5, 5.41) is 7.05. The zero-order valence-corrected chi connectivity index (χ0v) is 19.0. The van der Waals surface area contributed by atoms with Crippen LogP contribution in [0.5, 0.6) is 0 Å². The molecule has 0 aliphatic heterocycles. The highest BCUT2D eigenvalue weighted by molar-refractivity contribution is 5.64. The van der Waals surface area contributed by atoms with Gasteiger partial charge >= 0.3 is 0 Å². The van der Waals surface area contributed by atoms with Crippen molar-refractivity contribution in [2.75, 3.05) is 23.7 Å². The van der Waals surface area contributed by atoms with Gasteiger partial charge in [-0.15, -0.1) is 0 Å². The summed E-state index contributed by atoms with van der Waals surface area (Å²) in [4.78, 5) is 0. The Bertz CT molecular complexity index is 1050. The van der Waals surface area contributed by atoms with E-state index < -0.39 is 0 Å². The Morgan fingerprint density at radius 1 is 0.625 bits per heavy atom. The number of para-hydroxylation sites is 2. The predicted molar refractivity (Wildman–Crippen MR) is 139 cm³/mol. The van der Waals surface area contributed by atoms with Crippen molar-refractivity contribution in [1.82, 2.24) is 0 Å². The molecule has 5 rings (SSSR count). The van der Waals surface area contributed by atoms with Crippen LogP contribution in [-0.4, -0.2) is 13.1 Å². The summed E-state index contributed by atoms with van der Waals surface area (Å²) in [5.41, 5.74) is 9.25. The van der Waals surface area contributed by atoms with Gasteiger partial charge in [-0.3, -0.25) is 0 Å². The zero-order valence-electron chi connectivity index (χ0n) is 19.0. The first-order valence-electron chi connectivity index (χ1n) is 11.6. The van der Waals surface area contributed by atoms with E-state index >= 15 is 0 Å². The largest absolute Gasteiger partial charge is 0.385 e. The molecule has 0 saturated carbocycles. The highest BCUT2D eigenvalue weighted by atomic mass is 14.9. The lowest BCUT2D eigenvalue weighted by Gasteiger charge is -2.24. The maximum Gasteiger partial charge on any atom is 0.0382 e. The Balaban J connectivity index is 0.000000292. The molecular formula is C30H32N2. The fourth-order valence-electron chi connectivity index (χ4n) is 4.38. The molecule has 0 spiro atoms. The van der Waals surface area contributed by atoms with Gasteiger partial charge in [0.15, 0.2) is 0 Å². The topological polar surface area (TPSA) is 24.1 Å². The number of hydrogen-bond donors (Lipinski definition) is 2. The Morgan fingerprint density at radius 3 is 1.50 bits per heavy atom. The van der Waals surface area contributed by atoms with E-state index in [1.165, 1.54) is 45.6 Å². The molecule has 3 aromatic rings. The fourth-order valence-corrected chi connectivity index (χ4v) is 4.38. The van der Waals surface area contributed by atoms with Crippen LogP contribution in [-0.2, 0) is 0 Å². The van der Waals surface area contributed by atoms with Gasteiger partial charge in [0.1, 0.15) is 0 Å². The number of rotatable bonds is 7. The minimum atomic E-state index is 0.187. The number of nitrogens with one attached hydrogen (secondary N) is 2. The summed E-state index contributed by atoms with van der Waals surface area (Å²) in [6.45, 7) is 6.10. The Kier molecular flexibility index (Phi) is 7.24. The molecular weight excluding hydrogens is 388 g/mol. The summed E-state index contributed by atoms with van der Waals surface area (Å²) >= 11 is 0. The first-order chi connectivity index (χ1) is 15.8. The molecule has 0 amide bonds. The SMILES string of the molecule is C1=CC2=CC=C1C2.CCNc1ccccc1C(c1ccccc1)c1ccccc1NCC. The van der Waals surface area contributed by atoms with Crippen LogP contribution in [0.2, 0.25) is 0 Å². The average molecular weight is 421 g/mol. The number of allylic oxidation sites excluding steroid dienone is 6. The standard InChI is InChI=1S/C23H26N2.C7H6/c1-3-24-21-16-10-8-14-19(21)23(18-12-6-5-7-13-18)20-15-9-11-17-22(20)25-4-2;1-2-7-4-3-6(1)5-7/h5-17,23-25H,3-4H2,1-2H3;1-4H,5H2. The molecule has 0 heterocycles. The van der Waals surface area contributed by atoms with E-state index in [4.69, 9.17) is 0 Å². The Hall–Kier alpha value is -3.52. The monoisotopic (exact) mass is 420 g/mol. The molecule has 3 aromatic carbocycles. The normalized spacial score (nSPS) is 13.3. The maximum atomic E-state index is 3.53. The van der Waals surface area contributed by atoms with E-state index in [-0.39, 0.29) is 5.92 Å². The third-order valence-electron chi connectivity index (χ3n) is 5.84. The maximum absolute atomic E-state index is 3.53. The number of hydrogen-bond acceptors (Lipinski definition) is 2. The van der Waals surface area contributed by atoms with Gasteiger partial charge in [-0.25, -0.2) is 0 Å². The van der Waals surface area contributed by atoms with Gasteiger partial charge in [0.05, 0.1) is 0 Å². The predicted octanol–water partition coefficient (Wildman–Crippen LogP) is 7.54. The summed E-state index contributed by atoms with van der Waals surface area (Å²) in [7, 11) is 0. The van der Waals surface area contributed by atoms with Crippen LogP contribution in [0.4, 0.5) is 11.4 Å². The fraction of sp³-hybridized carbons (Fsp3) is 0.200. The van der Waals surface area contributed by atoms with Gasteiger partial charge in [0.2, 0.25) is 0 Å². The quantitative estimate of drug-likeness (QED) is 0.386. The van der Waals surface area contributed by atoms with Gasteiger partial charge in [0.25, 0.3) is 0 Å². The molecule has 0 saturated heterocycles. The summed E-state index contributed by atoms with van der Waals surface area (Å²) in [6.07, 6.45) is 9.90. The minimum Gasteiger partial charge on any atom is -0.385 e. The number of benzene rings is 3. The van der Waals surface area contributed by atoms with Crippen molar-refractivity contribution in [3.8, 4) is 0 Å². The molecule has 0 fully saturated rings. The third-order valence-corrected chi connectivity index (χ3v) is 5.84. The van der Waals surface area contributed by atoms with E-state index in [9.17, 15) is 0 Å². The number of fused-ring (bicyclic) bond motifs is 2. The van der Waals surface area contributed by atoms with Crippen molar-refractivity contribution in [3.05, 3.63) is 131 Å². The molecule has 32 heavy (non-hydrogen) atoms. The van der Waals surface area contributed by atoms with Crippen molar-refractivity contribution >= 4 is 11.4 Å². The summed E-state index contributed by atoms with van der Waals surface area (Å²) < 4.78 is 0. The average Bonchev–Trinajstić information content (AvgIpc) is 3.49. The smallest absolute Gasteiger partial charge is 0.0382 e. The van der Waals surface area contributed by atoms with Crippen LogP contribution >= 0.6 is 0 Å². The molecule has 162 valence electrons. The third kappa shape index (κ3) is 5.03. The minimum absolute atomic E-state index is 0.187. The van der Waals surface area contributed by atoms with Gasteiger partial charge in [-0.1, -0.05) is 91.0 Å². The van der Waals surface area contributed by atoms with E-state index in [0.717, 1.165) is 13.1 Å². The molecule has 0 atom stereocenters. The van der Waals surface area contributed by atoms with Crippen LogP contribution in [0.15, 0.2) is 114 Å². The van der Waals surface area contributed by atoms with Gasteiger partial charge in [0, 0.05) is 30.4 Å². The van der Waals surface area contributed by atoms with Gasteiger partial charge < -0.3 is 10.6 Å². The highest BCUT2D eigenvalue weighted by Gasteiger charge is 2.21. The van der Waals surface area contributed by atoms with Crippen LogP contribution in [0.25, 0.3) is 0 Å². The van der Waals surface area contributed by atoms with Crippen LogP contribution in [0, 0.1) is 0 Å². The van der Waals surface area contributed by atoms with E-state index in [2.05, 4.69) is 128 Å². The molecule has 2 bridgehead atoms. The van der Waals surface area contributed by atoms with Crippen LogP contribution in [0.1, 0.15) is 42.9 Å². The molecule has 2 N–H and O–H groups in total. The highest BCUT2D eigenvalue weighted by Crippen LogP contribution is 2.39. The van der Waals surface area contributed by atoms with Gasteiger partial charge in [-0.05, 0) is 60.2 Å². The lowest BCUT2D eigenvalue weighted by molar-refractivity contribution is 0.970. The van der Waals surface area contributed by atoms with Crippen molar-refractivity contribution in [3.63, 3.8) is 0 Å². The van der Waals surface area contributed by atoms with Crippen molar-refractivity contribution < 1.29 is 0 Å².